The van der Waals surface area contributed by atoms with Gasteiger partial charge in [0.05, 0.1) is 20.8 Å². The van der Waals surface area contributed by atoms with E-state index in [1.165, 1.54) is 0 Å². The van der Waals surface area contributed by atoms with Gasteiger partial charge in [-0.2, -0.15) is 0 Å². The van der Waals surface area contributed by atoms with Crippen molar-refractivity contribution in [1.82, 2.24) is 0 Å². The van der Waals surface area contributed by atoms with Gasteiger partial charge in [-0.25, -0.2) is 0 Å². The average molecular weight is 378 g/mol. The van der Waals surface area contributed by atoms with Crippen molar-refractivity contribution in [2.75, 3.05) is 32.8 Å². The molecule has 0 aromatic heterocycles. The maximum absolute atomic E-state index is 12.4. The monoisotopic (exact) mass is 377 g/mol. The molecule has 0 aliphatic carbocycles. The minimum atomic E-state index is 0.00801. The van der Waals surface area contributed by atoms with E-state index in [0.29, 0.717) is 36.0 Å². The molecule has 0 aliphatic rings. The Kier molecular flexibility index (Phi) is 7.16. The standard InChI is InChI=1S/C20H24ClNO4/c1-14-12-15(21)7-9-17(14)26-11-5-6-20(23)22(2)16-8-10-18(24-3)19(13-16)25-4/h7-10,12-13H,5-6,11H2,1-4H3. The number of hydrogen-bond acceptors (Lipinski definition) is 4. The molecule has 0 heterocycles. The van der Waals surface area contributed by atoms with Crippen LogP contribution in [0.3, 0.4) is 0 Å². The molecular weight excluding hydrogens is 354 g/mol. The SMILES string of the molecule is COc1ccc(N(C)C(=O)CCCOc2ccc(Cl)cc2C)cc1OC. The topological polar surface area (TPSA) is 48.0 Å². The van der Waals surface area contributed by atoms with E-state index in [4.69, 9.17) is 25.8 Å². The van der Waals surface area contributed by atoms with E-state index in [0.717, 1.165) is 17.0 Å². The fourth-order valence-corrected chi connectivity index (χ4v) is 2.75. The molecule has 0 fully saturated rings. The number of carbonyl (C=O) groups excluding carboxylic acids is 1. The van der Waals surface area contributed by atoms with Crippen LogP contribution in [0.2, 0.25) is 5.02 Å². The molecule has 6 heteroatoms. The fraction of sp³-hybridized carbons (Fsp3) is 0.350. The maximum atomic E-state index is 12.4. The van der Waals surface area contributed by atoms with Crippen LogP contribution in [0, 0.1) is 6.92 Å². The van der Waals surface area contributed by atoms with Gasteiger partial charge < -0.3 is 19.1 Å². The van der Waals surface area contributed by atoms with Crippen molar-refractivity contribution in [3.63, 3.8) is 0 Å². The Labute approximate surface area is 159 Å². The molecule has 0 saturated carbocycles. The molecule has 0 saturated heterocycles. The second-order valence-corrected chi connectivity index (χ2v) is 6.29. The van der Waals surface area contributed by atoms with Crippen LogP contribution < -0.4 is 19.1 Å². The van der Waals surface area contributed by atoms with Gasteiger partial charge in [-0.15, -0.1) is 0 Å². The van der Waals surface area contributed by atoms with Gasteiger partial charge in [0.1, 0.15) is 5.75 Å². The summed E-state index contributed by atoms with van der Waals surface area (Å²) < 4.78 is 16.2. The van der Waals surface area contributed by atoms with Crippen LogP contribution in [0.25, 0.3) is 0 Å². The predicted octanol–water partition coefficient (Wildman–Crippen LogP) is 4.49. The number of rotatable bonds is 8. The quantitative estimate of drug-likeness (QED) is 0.636. The molecule has 0 unspecified atom stereocenters. The van der Waals surface area contributed by atoms with Crippen LogP contribution >= 0.6 is 11.6 Å². The summed E-state index contributed by atoms with van der Waals surface area (Å²) in [5.74, 6) is 2.01. The summed E-state index contributed by atoms with van der Waals surface area (Å²) in [6.07, 6.45) is 1.01. The first-order chi connectivity index (χ1) is 12.5. The minimum absolute atomic E-state index is 0.00801. The molecule has 1 amide bonds. The predicted molar refractivity (Wildman–Crippen MR) is 104 cm³/mol. The third kappa shape index (κ3) is 5.05. The Hall–Kier alpha value is -2.40. The van der Waals surface area contributed by atoms with Crippen LogP contribution in [0.15, 0.2) is 36.4 Å². The number of carbonyl (C=O) groups is 1. The molecule has 5 nitrogen and oxygen atoms in total. The lowest BCUT2D eigenvalue weighted by Gasteiger charge is -2.19. The molecule has 0 radical (unpaired) electrons. The molecule has 2 rings (SSSR count). The van der Waals surface area contributed by atoms with Gasteiger partial charge in [-0.3, -0.25) is 4.79 Å². The zero-order chi connectivity index (χ0) is 19.1. The largest absolute Gasteiger partial charge is 0.493 e. The number of ether oxygens (including phenoxy) is 3. The number of methoxy groups -OCH3 is 2. The molecule has 2 aromatic rings. The normalized spacial score (nSPS) is 10.3. The zero-order valence-electron chi connectivity index (χ0n) is 15.5. The Morgan fingerprint density at radius 2 is 1.73 bits per heavy atom. The van der Waals surface area contributed by atoms with Crippen LogP contribution in [0.1, 0.15) is 18.4 Å². The van der Waals surface area contributed by atoms with Gasteiger partial charge in [0.15, 0.2) is 11.5 Å². The van der Waals surface area contributed by atoms with Gasteiger partial charge in [0.2, 0.25) is 5.91 Å². The number of anilines is 1. The first kappa shape index (κ1) is 19.9. The van der Waals surface area contributed by atoms with Crippen LogP contribution in [-0.4, -0.2) is 33.8 Å². The van der Waals surface area contributed by atoms with E-state index in [1.807, 2.05) is 25.1 Å². The van der Waals surface area contributed by atoms with Crippen molar-refractivity contribution in [3.8, 4) is 17.2 Å². The third-order valence-electron chi connectivity index (χ3n) is 4.06. The lowest BCUT2D eigenvalue weighted by molar-refractivity contribution is -0.118. The number of halogens is 1. The smallest absolute Gasteiger partial charge is 0.226 e. The highest BCUT2D eigenvalue weighted by Crippen LogP contribution is 2.31. The number of nitrogens with zero attached hydrogens (tertiary/aromatic N) is 1. The van der Waals surface area contributed by atoms with Crippen molar-refractivity contribution in [3.05, 3.63) is 47.0 Å². The fourth-order valence-electron chi connectivity index (χ4n) is 2.53. The molecule has 0 bridgehead atoms. The van der Waals surface area contributed by atoms with Crippen molar-refractivity contribution < 1.29 is 19.0 Å². The average Bonchev–Trinajstić information content (AvgIpc) is 2.65. The second kappa shape index (κ2) is 9.34. The van der Waals surface area contributed by atoms with E-state index >= 15 is 0 Å². The van der Waals surface area contributed by atoms with Gasteiger partial charge in [-0.05, 0) is 49.2 Å². The van der Waals surface area contributed by atoms with Crippen molar-refractivity contribution >= 4 is 23.2 Å². The molecule has 0 spiro atoms. The summed E-state index contributed by atoms with van der Waals surface area (Å²) >= 11 is 5.93. The van der Waals surface area contributed by atoms with E-state index in [2.05, 4.69) is 0 Å². The molecular formula is C20H24ClNO4. The van der Waals surface area contributed by atoms with Gasteiger partial charge in [0, 0.05) is 30.2 Å². The Bertz CT molecular complexity index is 763. The molecule has 140 valence electrons. The Morgan fingerprint density at radius 1 is 1.04 bits per heavy atom. The van der Waals surface area contributed by atoms with Gasteiger partial charge in [0.25, 0.3) is 0 Å². The summed E-state index contributed by atoms with van der Waals surface area (Å²) in [6, 6.07) is 10.9. The minimum Gasteiger partial charge on any atom is -0.493 e. The van der Waals surface area contributed by atoms with Crippen LogP contribution in [-0.2, 0) is 4.79 Å². The lowest BCUT2D eigenvalue weighted by Crippen LogP contribution is -2.26. The maximum Gasteiger partial charge on any atom is 0.226 e. The van der Waals surface area contributed by atoms with E-state index < -0.39 is 0 Å². The first-order valence-electron chi connectivity index (χ1n) is 8.33. The lowest BCUT2D eigenvalue weighted by atomic mass is 10.2. The molecule has 0 atom stereocenters. The second-order valence-electron chi connectivity index (χ2n) is 5.85. The molecule has 2 aromatic carbocycles. The van der Waals surface area contributed by atoms with Crippen molar-refractivity contribution in [2.24, 2.45) is 0 Å². The zero-order valence-corrected chi connectivity index (χ0v) is 16.3. The van der Waals surface area contributed by atoms with Gasteiger partial charge >= 0.3 is 0 Å². The summed E-state index contributed by atoms with van der Waals surface area (Å²) in [6.45, 7) is 2.41. The number of aryl methyl sites for hydroxylation is 1. The summed E-state index contributed by atoms with van der Waals surface area (Å²) in [7, 11) is 4.89. The highest BCUT2D eigenvalue weighted by atomic mass is 35.5. The van der Waals surface area contributed by atoms with Crippen molar-refractivity contribution in [1.29, 1.82) is 0 Å². The molecule has 26 heavy (non-hydrogen) atoms. The van der Waals surface area contributed by atoms with Crippen molar-refractivity contribution in [2.45, 2.75) is 19.8 Å². The summed E-state index contributed by atoms with van der Waals surface area (Å²) in [5, 5.41) is 0.682. The highest BCUT2D eigenvalue weighted by molar-refractivity contribution is 6.30. The van der Waals surface area contributed by atoms with E-state index in [-0.39, 0.29) is 5.91 Å². The summed E-state index contributed by atoms with van der Waals surface area (Å²) in [4.78, 5) is 14.0. The number of hydrogen-bond donors (Lipinski definition) is 0. The van der Waals surface area contributed by atoms with Crippen LogP contribution in [0.5, 0.6) is 17.2 Å². The Morgan fingerprint density at radius 3 is 2.38 bits per heavy atom. The first-order valence-corrected chi connectivity index (χ1v) is 8.71. The number of amides is 1. The third-order valence-corrected chi connectivity index (χ3v) is 4.29. The van der Waals surface area contributed by atoms with Crippen LogP contribution in [0.4, 0.5) is 5.69 Å². The highest BCUT2D eigenvalue weighted by Gasteiger charge is 2.13. The molecule has 0 aliphatic heterocycles. The van der Waals surface area contributed by atoms with E-state index in [1.54, 1.807) is 44.4 Å². The summed E-state index contributed by atoms with van der Waals surface area (Å²) in [5.41, 5.74) is 1.73. The molecule has 0 N–H and O–H groups in total. The number of benzene rings is 2. The van der Waals surface area contributed by atoms with E-state index in [9.17, 15) is 4.79 Å². The Balaban J connectivity index is 1.87. The van der Waals surface area contributed by atoms with Gasteiger partial charge in [-0.1, -0.05) is 11.6 Å².